The minimum Gasteiger partial charge on any atom is -0.373 e. The largest absolute Gasteiger partial charge is 0.373 e. The van der Waals surface area contributed by atoms with Gasteiger partial charge in [0.25, 0.3) is 0 Å². The van der Waals surface area contributed by atoms with Crippen molar-refractivity contribution in [2.75, 3.05) is 0 Å². The number of hydrogen-bond donors (Lipinski definition) is 1. The molecule has 0 spiro atoms. The Labute approximate surface area is 161 Å². The zero-order chi connectivity index (χ0) is 18.7. The fraction of sp³-hybridized carbons (Fsp3) is 0.478. The van der Waals surface area contributed by atoms with Crippen LogP contribution in [0.3, 0.4) is 0 Å². The number of hydrogen-bond acceptors (Lipinski definition) is 1. The Kier molecular flexibility index (Phi) is 6.55. The van der Waals surface area contributed by atoms with Gasteiger partial charge >= 0.3 is 0 Å². The molecule has 2 aromatic carbocycles. The Hall–Kier alpha value is -0.740. The topological polar surface area (TPSA) is 20.2 Å². The van der Waals surface area contributed by atoms with E-state index in [9.17, 15) is 4.89 Å². The van der Waals surface area contributed by atoms with Crippen LogP contribution in [-0.2, 0) is 0 Å². The molecular weight excluding hydrogens is 354 g/mol. The standard InChI is InChI=1S/C23H32OP2/c1-18(21-16-11-17-22(21)26(24)23(2,3)4)25(19-12-7-5-8-13-19)20-14-9-6-10-15-20/h5-10,12-15,18,21-22,24H,11,16-17H2,1-4H3/t18-,21?,22?,26?/m1/s1. The van der Waals surface area contributed by atoms with Gasteiger partial charge in [0, 0.05) is 19.0 Å². The van der Waals surface area contributed by atoms with Crippen molar-refractivity contribution >= 4 is 26.7 Å². The summed E-state index contributed by atoms with van der Waals surface area (Å²) in [4.78, 5) is 11.1. The fourth-order valence-corrected chi connectivity index (χ4v) is 9.61. The molecule has 0 amide bonds. The first-order valence-corrected chi connectivity index (χ1v) is 12.5. The van der Waals surface area contributed by atoms with Crippen LogP contribution in [0.1, 0.15) is 47.0 Å². The first-order chi connectivity index (χ1) is 12.4. The van der Waals surface area contributed by atoms with Gasteiger partial charge < -0.3 is 4.89 Å². The van der Waals surface area contributed by atoms with Gasteiger partial charge in [0.15, 0.2) is 0 Å². The molecule has 26 heavy (non-hydrogen) atoms. The lowest BCUT2D eigenvalue weighted by Gasteiger charge is -2.39. The molecule has 0 aliphatic heterocycles. The van der Waals surface area contributed by atoms with E-state index in [1.54, 1.807) is 0 Å². The van der Waals surface area contributed by atoms with E-state index in [2.05, 4.69) is 88.4 Å². The summed E-state index contributed by atoms with van der Waals surface area (Å²) in [5, 5.41) is 2.94. The van der Waals surface area contributed by atoms with Crippen LogP contribution >= 0.6 is 16.1 Å². The lowest BCUT2D eigenvalue weighted by atomic mass is 10.0. The zero-order valence-corrected chi connectivity index (χ0v) is 18.3. The molecule has 1 N–H and O–H groups in total. The molecule has 1 aliphatic carbocycles. The van der Waals surface area contributed by atoms with Gasteiger partial charge in [-0.2, -0.15) is 0 Å². The highest BCUT2D eigenvalue weighted by Crippen LogP contribution is 2.60. The van der Waals surface area contributed by atoms with E-state index in [1.807, 2.05) is 0 Å². The Morgan fingerprint density at radius 2 is 1.38 bits per heavy atom. The second kappa shape index (κ2) is 8.52. The van der Waals surface area contributed by atoms with Crippen LogP contribution in [0.4, 0.5) is 0 Å². The third-order valence-corrected chi connectivity index (χ3v) is 11.2. The van der Waals surface area contributed by atoms with Crippen molar-refractivity contribution in [3.05, 3.63) is 60.7 Å². The van der Waals surface area contributed by atoms with Crippen LogP contribution < -0.4 is 10.6 Å². The smallest absolute Gasteiger partial charge is 0.0340 e. The van der Waals surface area contributed by atoms with Crippen LogP contribution in [0.2, 0.25) is 0 Å². The highest BCUT2D eigenvalue weighted by Gasteiger charge is 2.43. The first kappa shape index (κ1) is 20.0. The van der Waals surface area contributed by atoms with Crippen molar-refractivity contribution in [1.82, 2.24) is 0 Å². The zero-order valence-electron chi connectivity index (χ0n) is 16.5. The van der Waals surface area contributed by atoms with Crippen LogP contribution in [0.25, 0.3) is 0 Å². The quantitative estimate of drug-likeness (QED) is 0.638. The summed E-state index contributed by atoms with van der Waals surface area (Å²) in [6.07, 6.45) is 3.73. The van der Waals surface area contributed by atoms with Gasteiger partial charge in [-0.05, 0) is 42.9 Å². The van der Waals surface area contributed by atoms with Gasteiger partial charge in [0.1, 0.15) is 0 Å². The molecule has 3 heteroatoms. The Bertz CT molecular complexity index is 641. The van der Waals surface area contributed by atoms with Gasteiger partial charge in [0.2, 0.25) is 0 Å². The van der Waals surface area contributed by atoms with E-state index in [4.69, 9.17) is 0 Å². The molecule has 0 radical (unpaired) electrons. The van der Waals surface area contributed by atoms with Crippen molar-refractivity contribution in [2.45, 2.75) is 63.4 Å². The molecule has 140 valence electrons. The van der Waals surface area contributed by atoms with Crippen molar-refractivity contribution < 1.29 is 4.89 Å². The van der Waals surface area contributed by atoms with Gasteiger partial charge in [-0.3, -0.25) is 0 Å². The van der Waals surface area contributed by atoms with Crippen LogP contribution in [0.5, 0.6) is 0 Å². The van der Waals surface area contributed by atoms with Crippen molar-refractivity contribution in [2.24, 2.45) is 5.92 Å². The van der Waals surface area contributed by atoms with Gasteiger partial charge in [0.05, 0.1) is 0 Å². The third kappa shape index (κ3) is 4.39. The van der Waals surface area contributed by atoms with Crippen molar-refractivity contribution in [3.63, 3.8) is 0 Å². The molecule has 3 rings (SSSR count). The van der Waals surface area contributed by atoms with Crippen LogP contribution in [0.15, 0.2) is 60.7 Å². The Morgan fingerprint density at radius 3 is 1.85 bits per heavy atom. The summed E-state index contributed by atoms with van der Waals surface area (Å²) < 4.78 is 0. The predicted octanol–water partition coefficient (Wildman–Crippen LogP) is 5.86. The average molecular weight is 386 g/mol. The van der Waals surface area contributed by atoms with Crippen LogP contribution in [0, 0.1) is 5.92 Å². The summed E-state index contributed by atoms with van der Waals surface area (Å²) in [5.41, 5.74) is 1.07. The Morgan fingerprint density at radius 1 is 0.885 bits per heavy atom. The molecule has 2 aromatic rings. The second-order valence-electron chi connectivity index (χ2n) is 8.46. The molecule has 0 aromatic heterocycles. The predicted molar refractivity (Wildman–Crippen MR) is 119 cm³/mol. The van der Waals surface area contributed by atoms with Crippen molar-refractivity contribution in [1.29, 1.82) is 0 Å². The maximum atomic E-state index is 11.1. The molecule has 0 heterocycles. The minimum atomic E-state index is -0.947. The van der Waals surface area contributed by atoms with E-state index in [1.165, 1.54) is 29.9 Å². The Balaban J connectivity index is 1.94. The summed E-state index contributed by atoms with van der Waals surface area (Å²) in [6, 6.07) is 22.1. The van der Waals surface area contributed by atoms with Crippen LogP contribution in [-0.4, -0.2) is 21.4 Å². The first-order valence-electron chi connectivity index (χ1n) is 9.77. The van der Waals surface area contributed by atoms with Crippen molar-refractivity contribution in [3.8, 4) is 0 Å². The second-order valence-corrected chi connectivity index (χ2v) is 13.7. The van der Waals surface area contributed by atoms with E-state index in [-0.39, 0.29) is 5.16 Å². The normalized spacial score (nSPS) is 23.2. The van der Waals surface area contributed by atoms with Gasteiger partial charge in [-0.25, -0.2) is 0 Å². The molecular formula is C23H32OP2. The van der Waals surface area contributed by atoms with Gasteiger partial charge in [-0.1, -0.05) is 94.8 Å². The minimum absolute atomic E-state index is 0.0184. The van der Waals surface area contributed by atoms with E-state index < -0.39 is 16.1 Å². The molecule has 1 nitrogen and oxygen atoms in total. The molecule has 0 saturated heterocycles. The number of benzene rings is 2. The number of rotatable bonds is 5. The summed E-state index contributed by atoms with van der Waals surface area (Å²) in [7, 11) is -1.36. The third-order valence-electron chi connectivity index (χ3n) is 5.63. The molecule has 4 atom stereocenters. The highest BCUT2D eigenvalue weighted by molar-refractivity contribution is 7.73. The molecule has 0 bridgehead atoms. The van der Waals surface area contributed by atoms with E-state index in [0.29, 0.717) is 17.2 Å². The molecule has 1 saturated carbocycles. The van der Waals surface area contributed by atoms with E-state index >= 15 is 0 Å². The van der Waals surface area contributed by atoms with E-state index in [0.717, 1.165) is 0 Å². The van der Waals surface area contributed by atoms with Gasteiger partial charge in [-0.15, -0.1) is 0 Å². The summed E-state index contributed by atoms with van der Waals surface area (Å²) in [5.74, 6) is 0.622. The SMILES string of the molecule is C[C@H](C1CCCC1P(O)C(C)(C)C)P(c1ccccc1)c1ccccc1. The lowest BCUT2D eigenvalue weighted by Crippen LogP contribution is -2.32. The maximum Gasteiger partial charge on any atom is 0.0340 e. The molecule has 3 unspecified atom stereocenters. The monoisotopic (exact) mass is 386 g/mol. The average Bonchev–Trinajstić information content (AvgIpc) is 3.12. The summed E-state index contributed by atoms with van der Waals surface area (Å²) in [6.45, 7) is 9.06. The summed E-state index contributed by atoms with van der Waals surface area (Å²) >= 11 is 0. The molecule has 1 fully saturated rings. The lowest BCUT2D eigenvalue weighted by molar-refractivity contribution is 0.493. The fourth-order valence-electron chi connectivity index (χ4n) is 4.32. The molecule has 1 aliphatic rings. The maximum absolute atomic E-state index is 11.1. The highest BCUT2D eigenvalue weighted by atomic mass is 31.1.